The van der Waals surface area contributed by atoms with Gasteiger partial charge in [-0.15, -0.1) is 0 Å². The van der Waals surface area contributed by atoms with Gasteiger partial charge in [-0.05, 0) is 30.9 Å². The van der Waals surface area contributed by atoms with Gasteiger partial charge in [0, 0.05) is 18.7 Å². The number of fused-ring (bicyclic) bond motifs is 1. The number of hydrogen-bond donors (Lipinski definition) is 2. The molecule has 3 rings (SSSR count). The van der Waals surface area contributed by atoms with Crippen LogP contribution in [0.1, 0.15) is 44.9 Å². The predicted molar refractivity (Wildman–Crippen MR) is 107 cm³/mol. The minimum Gasteiger partial charge on any atom is -0.480 e. The topological polar surface area (TPSA) is 84.2 Å². The Kier molecular flexibility index (Phi) is 7.15. The Morgan fingerprint density at radius 3 is 2.81 bits per heavy atom. The summed E-state index contributed by atoms with van der Waals surface area (Å²) in [6.07, 6.45) is 7.66. The molecule has 0 radical (unpaired) electrons. The van der Waals surface area contributed by atoms with Gasteiger partial charge >= 0.3 is 5.97 Å². The molecule has 0 unspecified atom stereocenters. The monoisotopic (exact) mass is 389 g/mol. The van der Waals surface area contributed by atoms with Crippen LogP contribution in [-0.2, 0) is 16.1 Å². The number of hydrogen-bond acceptors (Lipinski definition) is 4. The lowest BCUT2D eigenvalue weighted by molar-refractivity contribution is -0.137. The van der Waals surface area contributed by atoms with E-state index in [0.717, 1.165) is 35.5 Å². The van der Waals surface area contributed by atoms with E-state index < -0.39 is 5.97 Å². The van der Waals surface area contributed by atoms with Gasteiger partial charge in [0.25, 0.3) is 0 Å². The van der Waals surface area contributed by atoms with Crippen molar-refractivity contribution in [3.05, 3.63) is 24.3 Å². The number of carbonyl (C=O) groups is 2. The molecule has 1 saturated carbocycles. The van der Waals surface area contributed by atoms with Crippen LogP contribution in [0.15, 0.2) is 29.4 Å². The summed E-state index contributed by atoms with van der Waals surface area (Å²) in [5, 5.41) is 12.9. The summed E-state index contributed by atoms with van der Waals surface area (Å²) in [6, 6.07) is 7.57. The van der Waals surface area contributed by atoms with Crippen LogP contribution < -0.4 is 5.32 Å². The quantitative estimate of drug-likeness (QED) is 0.478. The third-order valence-electron chi connectivity index (χ3n) is 5.04. The van der Waals surface area contributed by atoms with Crippen molar-refractivity contribution in [2.45, 2.75) is 56.6 Å². The van der Waals surface area contributed by atoms with Crippen LogP contribution in [0, 0.1) is 5.92 Å². The summed E-state index contributed by atoms with van der Waals surface area (Å²) in [6.45, 7) is 0.552. The molecule has 1 aliphatic rings. The van der Waals surface area contributed by atoms with Gasteiger partial charge in [-0.1, -0.05) is 49.6 Å². The number of imidazole rings is 1. The average Bonchev–Trinajstić information content (AvgIpc) is 3.28. The lowest BCUT2D eigenvalue weighted by Gasteiger charge is -2.09. The van der Waals surface area contributed by atoms with Gasteiger partial charge in [0.05, 0.1) is 11.0 Å². The van der Waals surface area contributed by atoms with Crippen LogP contribution in [0.2, 0.25) is 0 Å². The Balaban J connectivity index is 1.42. The number of nitrogens with one attached hydrogen (secondary N) is 1. The van der Waals surface area contributed by atoms with Crippen molar-refractivity contribution in [1.29, 1.82) is 0 Å². The van der Waals surface area contributed by atoms with Crippen molar-refractivity contribution in [3.8, 4) is 0 Å². The molecule has 0 atom stereocenters. The van der Waals surface area contributed by atoms with E-state index in [2.05, 4.69) is 10.3 Å². The zero-order valence-electron chi connectivity index (χ0n) is 15.5. The molecule has 1 amide bonds. The van der Waals surface area contributed by atoms with E-state index in [4.69, 9.17) is 5.11 Å². The normalized spacial score (nSPS) is 14.7. The molecule has 2 N–H and O–H groups in total. The molecule has 1 fully saturated rings. The van der Waals surface area contributed by atoms with Gasteiger partial charge in [0.1, 0.15) is 6.54 Å². The molecule has 27 heavy (non-hydrogen) atoms. The summed E-state index contributed by atoms with van der Waals surface area (Å²) >= 11 is 1.54. The van der Waals surface area contributed by atoms with Gasteiger partial charge in [-0.25, -0.2) is 4.98 Å². The Morgan fingerprint density at radius 2 is 2.04 bits per heavy atom. The molecule has 1 aliphatic carbocycles. The number of benzene rings is 1. The number of aliphatic carboxylic acids is 1. The maximum atomic E-state index is 11.9. The lowest BCUT2D eigenvalue weighted by atomic mass is 10.0. The highest BCUT2D eigenvalue weighted by Gasteiger charge is 2.16. The molecule has 0 spiro atoms. The van der Waals surface area contributed by atoms with Crippen molar-refractivity contribution in [2.75, 3.05) is 12.3 Å². The van der Waals surface area contributed by atoms with Crippen molar-refractivity contribution in [3.63, 3.8) is 0 Å². The number of rotatable bonds is 10. The number of aromatic nitrogens is 2. The standard InChI is InChI=1S/C20H27N3O3S/c24-18(11-10-15-6-1-2-7-15)21-12-5-13-27-20-22-16-8-3-4-9-17(16)23(20)14-19(25)26/h3-4,8-9,15H,1-2,5-7,10-14H2,(H,21,24)(H,25,26). The number of para-hydroxylation sites is 2. The third kappa shape index (κ3) is 5.73. The second-order valence-electron chi connectivity index (χ2n) is 7.10. The summed E-state index contributed by atoms with van der Waals surface area (Å²) in [5.74, 6) is 0.791. The maximum absolute atomic E-state index is 11.9. The van der Waals surface area contributed by atoms with E-state index in [9.17, 15) is 9.59 Å². The molecule has 1 aromatic heterocycles. The van der Waals surface area contributed by atoms with Gasteiger partial charge in [-0.3, -0.25) is 9.59 Å². The van der Waals surface area contributed by atoms with E-state index in [-0.39, 0.29) is 12.5 Å². The van der Waals surface area contributed by atoms with Gasteiger partial charge in [0.15, 0.2) is 5.16 Å². The van der Waals surface area contributed by atoms with Gasteiger partial charge < -0.3 is 15.0 Å². The Labute approximate surface area is 163 Å². The van der Waals surface area contributed by atoms with E-state index in [1.807, 2.05) is 24.3 Å². The van der Waals surface area contributed by atoms with E-state index in [1.54, 1.807) is 4.57 Å². The van der Waals surface area contributed by atoms with Crippen LogP contribution in [0.4, 0.5) is 0 Å². The lowest BCUT2D eigenvalue weighted by Crippen LogP contribution is -2.25. The van der Waals surface area contributed by atoms with E-state index in [1.165, 1.54) is 37.4 Å². The van der Waals surface area contributed by atoms with Crippen LogP contribution >= 0.6 is 11.8 Å². The van der Waals surface area contributed by atoms with E-state index in [0.29, 0.717) is 18.1 Å². The van der Waals surface area contributed by atoms with Crippen LogP contribution in [0.25, 0.3) is 11.0 Å². The summed E-state index contributed by atoms with van der Waals surface area (Å²) < 4.78 is 1.74. The first kappa shape index (κ1) is 19.7. The van der Waals surface area contributed by atoms with Crippen molar-refractivity contribution in [2.24, 2.45) is 5.92 Å². The van der Waals surface area contributed by atoms with Crippen LogP contribution in [-0.4, -0.2) is 38.8 Å². The largest absolute Gasteiger partial charge is 0.480 e. The molecule has 0 saturated heterocycles. The number of carboxylic acid groups (broad SMARTS) is 1. The zero-order valence-corrected chi connectivity index (χ0v) is 16.3. The maximum Gasteiger partial charge on any atom is 0.323 e. The highest BCUT2D eigenvalue weighted by atomic mass is 32.2. The Morgan fingerprint density at radius 1 is 1.26 bits per heavy atom. The molecule has 6 nitrogen and oxygen atoms in total. The van der Waals surface area contributed by atoms with Gasteiger partial charge in [0.2, 0.25) is 5.91 Å². The number of thioether (sulfide) groups is 1. The SMILES string of the molecule is O=C(O)Cn1c(SCCCNC(=O)CCC2CCCC2)nc2ccccc21. The van der Waals surface area contributed by atoms with Crippen LogP contribution in [0.3, 0.4) is 0 Å². The Bertz CT molecular complexity index is 784. The molecule has 2 aromatic rings. The first-order chi connectivity index (χ1) is 13.1. The van der Waals surface area contributed by atoms with Crippen LogP contribution in [0.5, 0.6) is 0 Å². The number of carboxylic acids is 1. The van der Waals surface area contributed by atoms with Crippen molar-refractivity contribution < 1.29 is 14.7 Å². The summed E-state index contributed by atoms with van der Waals surface area (Å²) in [4.78, 5) is 27.6. The molecular weight excluding hydrogens is 362 g/mol. The first-order valence-electron chi connectivity index (χ1n) is 9.70. The minimum atomic E-state index is -0.880. The molecule has 1 heterocycles. The fourth-order valence-corrected chi connectivity index (χ4v) is 4.59. The molecule has 146 valence electrons. The number of carbonyl (C=O) groups excluding carboxylic acids is 1. The first-order valence-corrected chi connectivity index (χ1v) is 10.7. The molecule has 0 bridgehead atoms. The highest BCUT2D eigenvalue weighted by molar-refractivity contribution is 7.99. The fourth-order valence-electron chi connectivity index (χ4n) is 3.64. The molecular formula is C20H27N3O3S. The fraction of sp³-hybridized carbons (Fsp3) is 0.550. The van der Waals surface area contributed by atoms with Crippen molar-refractivity contribution >= 4 is 34.7 Å². The second kappa shape index (κ2) is 9.78. The molecule has 7 heteroatoms. The Hall–Kier alpha value is -2.02. The smallest absolute Gasteiger partial charge is 0.323 e. The number of nitrogens with zero attached hydrogens (tertiary/aromatic N) is 2. The van der Waals surface area contributed by atoms with Gasteiger partial charge in [-0.2, -0.15) is 0 Å². The molecule has 1 aromatic carbocycles. The highest BCUT2D eigenvalue weighted by Crippen LogP contribution is 2.28. The average molecular weight is 390 g/mol. The zero-order chi connectivity index (χ0) is 19.1. The molecule has 0 aliphatic heterocycles. The predicted octanol–water partition coefficient (Wildman–Crippen LogP) is 3.69. The van der Waals surface area contributed by atoms with Crippen molar-refractivity contribution in [1.82, 2.24) is 14.9 Å². The number of amides is 1. The minimum absolute atomic E-state index is 0.0965. The summed E-state index contributed by atoms with van der Waals surface area (Å²) in [5.41, 5.74) is 1.64. The second-order valence-corrected chi connectivity index (χ2v) is 8.17. The van der Waals surface area contributed by atoms with E-state index >= 15 is 0 Å². The third-order valence-corrected chi connectivity index (χ3v) is 6.10. The summed E-state index contributed by atoms with van der Waals surface area (Å²) in [7, 11) is 0.